The quantitative estimate of drug-likeness (QED) is 0.533. The molecule has 7 nitrogen and oxygen atoms in total. The van der Waals surface area contributed by atoms with Crippen molar-refractivity contribution in [3.05, 3.63) is 12.2 Å². The summed E-state index contributed by atoms with van der Waals surface area (Å²) in [6, 6.07) is -1.27. The molecule has 2 rings (SSSR count). The van der Waals surface area contributed by atoms with E-state index >= 15 is 0 Å². The Bertz CT molecular complexity index is 725. The summed E-state index contributed by atoms with van der Waals surface area (Å²) in [7, 11) is 1.58. The zero-order chi connectivity index (χ0) is 23.7. The highest BCUT2D eigenvalue weighted by atomic mass is 16.3. The van der Waals surface area contributed by atoms with Crippen LogP contribution in [0.15, 0.2) is 12.2 Å². The largest absolute Gasteiger partial charge is 0.394 e. The molecule has 0 saturated carbocycles. The summed E-state index contributed by atoms with van der Waals surface area (Å²) in [6.45, 7) is 13.8. The number of likely N-dealkylation sites (tertiary alicyclic amines) is 1. The predicted molar refractivity (Wildman–Crippen MR) is 121 cm³/mol. The van der Waals surface area contributed by atoms with E-state index in [1.807, 2.05) is 32.9 Å². The molecule has 0 radical (unpaired) electrons. The van der Waals surface area contributed by atoms with Crippen LogP contribution in [0.4, 0.5) is 0 Å². The van der Waals surface area contributed by atoms with Gasteiger partial charge in [-0.25, -0.2) is 0 Å². The van der Waals surface area contributed by atoms with Crippen molar-refractivity contribution in [1.82, 2.24) is 15.5 Å². The number of hydrogen-bond donors (Lipinski definition) is 3. The lowest BCUT2D eigenvalue weighted by Crippen LogP contribution is -2.56. The molecule has 2 aliphatic rings. The number of nitrogens with one attached hydrogen (secondary N) is 2. The normalized spacial score (nSPS) is 29.5. The molecule has 1 saturated heterocycles. The number of aliphatic hydroxyl groups excluding tert-OH is 1. The Kier molecular flexibility index (Phi) is 7.62. The van der Waals surface area contributed by atoms with Crippen LogP contribution in [0.1, 0.15) is 61.3 Å². The third-order valence-corrected chi connectivity index (χ3v) is 6.51. The van der Waals surface area contributed by atoms with Gasteiger partial charge in [0.2, 0.25) is 17.7 Å². The van der Waals surface area contributed by atoms with Crippen LogP contribution in [0.5, 0.6) is 0 Å². The van der Waals surface area contributed by atoms with E-state index in [0.29, 0.717) is 0 Å². The molecule has 1 aliphatic heterocycles. The number of carbonyl (C=O) groups excluding carboxylic acids is 3. The number of aliphatic hydroxyl groups is 1. The number of carbonyl (C=O) groups is 3. The molecule has 1 heterocycles. The van der Waals surface area contributed by atoms with Crippen LogP contribution in [-0.2, 0) is 14.4 Å². The molecule has 7 heteroatoms. The van der Waals surface area contributed by atoms with Crippen molar-refractivity contribution in [2.75, 3.05) is 13.7 Å². The van der Waals surface area contributed by atoms with Gasteiger partial charge in [0, 0.05) is 18.5 Å². The maximum Gasteiger partial charge on any atom is 0.243 e. The van der Waals surface area contributed by atoms with Crippen LogP contribution in [-0.4, -0.2) is 59.0 Å². The molecular weight excluding hydrogens is 394 g/mol. The Hall–Kier alpha value is -1.89. The van der Waals surface area contributed by atoms with Gasteiger partial charge in [-0.15, -0.1) is 0 Å². The first-order chi connectivity index (χ1) is 14.3. The molecule has 0 aromatic rings. The number of rotatable bonds is 7. The van der Waals surface area contributed by atoms with Gasteiger partial charge >= 0.3 is 0 Å². The second kappa shape index (κ2) is 9.31. The van der Waals surface area contributed by atoms with E-state index in [4.69, 9.17) is 0 Å². The van der Waals surface area contributed by atoms with Gasteiger partial charge in [0.15, 0.2) is 0 Å². The Labute approximate surface area is 187 Å². The lowest BCUT2D eigenvalue weighted by atomic mass is 9.68. The molecule has 176 valence electrons. The summed E-state index contributed by atoms with van der Waals surface area (Å²) in [5.41, 5.74) is -0.443. The molecule has 6 atom stereocenters. The molecule has 0 unspecified atom stereocenters. The van der Waals surface area contributed by atoms with Crippen LogP contribution < -0.4 is 10.6 Å². The topological polar surface area (TPSA) is 98.7 Å². The molecule has 0 bridgehead atoms. The summed E-state index contributed by atoms with van der Waals surface area (Å²) in [5.74, 6) is -2.23. The molecule has 3 N–H and O–H groups in total. The first-order valence-electron chi connectivity index (χ1n) is 11.4. The average molecular weight is 436 g/mol. The van der Waals surface area contributed by atoms with Crippen molar-refractivity contribution in [2.24, 2.45) is 29.1 Å². The van der Waals surface area contributed by atoms with Crippen molar-refractivity contribution in [1.29, 1.82) is 0 Å². The van der Waals surface area contributed by atoms with Gasteiger partial charge in [0.1, 0.15) is 6.04 Å². The van der Waals surface area contributed by atoms with Crippen molar-refractivity contribution in [3.8, 4) is 0 Å². The molecular formula is C24H41N3O4. The van der Waals surface area contributed by atoms with Crippen LogP contribution >= 0.6 is 0 Å². The fraction of sp³-hybridized carbons (Fsp3) is 0.792. The number of fused-ring (bicyclic) bond motifs is 1. The second-order valence-electron chi connectivity index (χ2n) is 11.0. The average Bonchev–Trinajstić information content (AvgIpc) is 2.96. The zero-order valence-corrected chi connectivity index (χ0v) is 20.4. The Morgan fingerprint density at radius 1 is 1.16 bits per heavy atom. The van der Waals surface area contributed by atoms with Crippen LogP contribution in [0.3, 0.4) is 0 Å². The standard InChI is InChI=1S/C24H41N3O4/c1-9-15-10-11-16-18(17(15)20(29)25-8)22(31)27(14(2)12-28)19(16)21(30)26-24(6,7)13-23(3,4)5/h10-11,14-19,28H,9,12-13H2,1-8H3,(H,25,29)(H,26,30)/t14-,15-,16+,17-,18-,19+/m1/s1. The van der Waals surface area contributed by atoms with Crippen molar-refractivity contribution >= 4 is 17.7 Å². The third kappa shape index (κ3) is 5.30. The monoisotopic (exact) mass is 435 g/mol. The van der Waals surface area contributed by atoms with Crippen molar-refractivity contribution in [3.63, 3.8) is 0 Å². The Morgan fingerprint density at radius 2 is 1.77 bits per heavy atom. The van der Waals surface area contributed by atoms with Gasteiger partial charge in [0.05, 0.1) is 24.5 Å². The minimum absolute atomic E-state index is 0.0201. The maximum atomic E-state index is 13.6. The van der Waals surface area contributed by atoms with Crippen molar-refractivity contribution < 1.29 is 19.5 Å². The number of nitrogens with zero attached hydrogens (tertiary/aromatic N) is 1. The molecule has 1 fully saturated rings. The van der Waals surface area contributed by atoms with Crippen molar-refractivity contribution in [2.45, 2.75) is 78.9 Å². The molecule has 0 aromatic heterocycles. The molecule has 0 spiro atoms. The van der Waals surface area contributed by atoms with E-state index in [1.54, 1.807) is 14.0 Å². The highest BCUT2D eigenvalue weighted by molar-refractivity contribution is 5.97. The third-order valence-electron chi connectivity index (χ3n) is 6.51. The van der Waals surface area contributed by atoms with Gasteiger partial charge in [-0.2, -0.15) is 0 Å². The lowest BCUT2D eigenvalue weighted by Gasteiger charge is -2.37. The highest BCUT2D eigenvalue weighted by Crippen LogP contribution is 2.45. The van der Waals surface area contributed by atoms with E-state index < -0.39 is 35.4 Å². The van der Waals surface area contributed by atoms with E-state index in [1.165, 1.54) is 4.90 Å². The number of amides is 3. The predicted octanol–water partition coefficient (Wildman–Crippen LogP) is 2.10. The summed E-state index contributed by atoms with van der Waals surface area (Å²) < 4.78 is 0. The van der Waals surface area contributed by atoms with Crippen LogP contribution in [0.25, 0.3) is 0 Å². The maximum absolute atomic E-state index is 13.6. The Morgan fingerprint density at radius 3 is 2.26 bits per heavy atom. The SMILES string of the molecule is CC[C@@H]1C=C[C@H]2[C@@H](C(=O)N([C@H](C)CO)[C@@H]2C(=O)NC(C)(C)CC(C)(C)C)[C@@H]1C(=O)NC. The van der Waals surface area contributed by atoms with Gasteiger partial charge < -0.3 is 20.6 Å². The van der Waals surface area contributed by atoms with Gasteiger partial charge in [0.25, 0.3) is 0 Å². The first-order valence-corrected chi connectivity index (χ1v) is 11.4. The van der Waals surface area contributed by atoms with Crippen LogP contribution in [0.2, 0.25) is 0 Å². The van der Waals surface area contributed by atoms with Gasteiger partial charge in [-0.3, -0.25) is 14.4 Å². The highest BCUT2D eigenvalue weighted by Gasteiger charge is 2.58. The van der Waals surface area contributed by atoms with E-state index in [0.717, 1.165) is 12.8 Å². The fourth-order valence-electron chi connectivity index (χ4n) is 5.70. The van der Waals surface area contributed by atoms with E-state index in [-0.39, 0.29) is 35.7 Å². The summed E-state index contributed by atoms with van der Waals surface area (Å²) >= 11 is 0. The summed E-state index contributed by atoms with van der Waals surface area (Å²) in [6.07, 6.45) is 5.43. The second-order valence-corrected chi connectivity index (χ2v) is 11.0. The van der Waals surface area contributed by atoms with E-state index in [9.17, 15) is 19.5 Å². The minimum Gasteiger partial charge on any atom is -0.394 e. The fourth-order valence-corrected chi connectivity index (χ4v) is 5.70. The summed E-state index contributed by atoms with van der Waals surface area (Å²) in [5, 5.41) is 15.7. The summed E-state index contributed by atoms with van der Waals surface area (Å²) in [4.78, 5) is 41.4. The van der Waals surface area contributed by atoms with Crippen LogP contribution in [0, 0.1) is 29.1 Å². The minimum atomic E-state index is -0.750. The van der Waals surface area contributed by atoms with Gasteiger partial charge in [-0.05, 0) is 44.9 Å². The molecule has 3 amide bonds. The molecule has 1 aliphatic carbocycles. The molecule has 31 heavy (non-hydrogen) atoms. The lowest BCUT2D eigenvalue weighted by molar-refractivity contribution is -0.143. The zero-order valence-electron chi connectivity index (χ0n) is 20.4. The first kappa shape index (κ1) is 25.4. The number of hydrogen-bond acceptors (Lipinski definition) is 4. The van der Waals surface area contributed by atoms with E-state index in [2.05, 4.69) is 31.4 Å². The number of allylic oxidation sites excluding steroid dienone is 1. The smallest absolute Gasteiger partial charge is 0.243 e. The Balaban J connectivity index is 2.46. The molecule has 0 aromatic carbocycles. The van der Waals surface area contributed by atoms with Gasteiger partial charge in [-0.1, -0.05) is 39.8 Å².